The largest absolute Gasteiger partial charge is 0.320 e. The van der Waals surface area contributed by atoms with Crippen LogP contribution < -0.4 is 5.43 Å². The van der Waals surface area contributed by atoms with Crippen LogP contribution in [-0.4, -0.2) is 15.7 Å². The van der Waals surface area contributed by atoms with Crippen LogP contribution in [0.5, 0.6) is 0 Å². The summed E-state index contributed by atoms with van der Waals surface area (Å²) in [7, 11) is 0. The molecule has 1 N–H and O–H groups in total. The van der Waals surface area contributed by atoms with E-state index < -0.39 is 0 Å². The average molecular weight is 233 g/mol. The summed E-state index contributed by atoms with van der Waals surface area (Å²) in [6.07, 6.45) is 2.83. The molecule has 1 unspecified atom stereocenters. The van der Waals surface area contributed by atoms with Gasteiger partial charge in [-0.15, -0.1) is 0 Å². The fourth-order valence-corrected chi connectivity index (χ4v) is 1.71. The maximum absolute atomic E-state index is 5.31. The van der Waals surface area contributed by atoms with Crippen LogP contribution in [0.25, 0.3) is 11.0 Å². The summed E-state index contributed by atoms with van der Waals surface area (Å²) < 4.78 is 2.64. The van der Waals surface area contributed by atoms with E-state index in [2.05, 4.69) is 24.3 Å². The molecule has 0 fully saturated rings. The summed E-state index contributed by atoms with van der Waals surface area (Å²) in [5.74, 6) is 0. The molecule has 0 bridgehead atoms. The van der Waals surface area contributed by atoms with E-state index in [-0.39, 0.29) is 0 Å². The van der Waals surface area contributed by atoms with Gasteiger partial charge in [-0.25, -0.2) is 9.66 Å². The smallest absolute Gasteiger partial charge is 0.159 e. The Labute approximate surface area is 100 Å². The summed E-state index contributed by atoms with van der Waals surface area (Å²) in [6, 6.07) is 8.26. The molecule has 1 atom stereocenters. The Bertz CT molecular complexity index is 547. The molecular formula is C12H15N3S. The maximum Gasteiger partial charge on any atom is 0.159 e. The highest BCUT2D eigenvalue weighted by molar-refractivity contribution is 7.71. The van der Waals surface area contributed by atoms with E-state index >= 15 is 0 Å². The molecule has 0 saturated heterocycles. The molecule has 3 nitrogen and oxygen atoms in total. The summed E-state index contributed by atoms with van der Waals surface area (Å²) in [6.45, 7) is 4.27. The number of hydrogen-bond acceptors (Lipinski definition) is 3. The fourth-order valence-electron chi connectivity index (χ4n) is 1.50. The van der Waals surface area contributed by atoms with Crippen molar-refractivity contribution < 1.29 is 0 Å². The third-order valence-corrected chi connectivity index (χ3v) is 2.94. The van der Waals surface area contributed by atoms with Gasteiger partial charge in [-0.05, 0) is 37.6 Å². The molecule has 0 saturated carbocycles. The van der Waals surface area contributed by atoms with Crippen molar-refractivity contribution in [3.63, 3.8) is 0 Å². The Balaban J connectivity index is 2.57. The van der Waals surface area contributed by atoms with Gasteiger partial charge in [-0.3, -0.25) is 0 Å². The number of hydrogen-bond donors (Lipinski definition) is 1. The molecular weight excluding hydrogens is 218 g/mol. The van der Waals surface area contributed by atoms with Gasteiger partial charge in [-0.2, -0.15) is 0 Å². The number of aromatic nitrogens is 2. The molecule has 0 spiro atoms. The molecule has 16 heavy (non-hydrogen) atoms. The van der Waals surface area contributed by atoms with Gasteiger partial charge in [0.15, 0.2) is 5.65 Å². The van der Waals surface area contributed by atoms with Gasteiger partial charge < -0.3 is 5.43 Å². The van der Waals surface area contributed by atoms with Crippen LogP contribution >= 0.6 is 12.2 Å². The normalized spacial score (nSPS) is 12.6. The van der Waals surface area contributed by atoms with Gasteiger partial charge >= 0.3 is 0 Å². The molecule has 0 amide bonds. The first kappa shape index (κ1) is 11.1. The second-order valence-electron chi connectivity index (χ2n) is 3.86. The fraction of sp³-hybridized carbons (Fsp3) is 0.333. The van der Waals surface area contributed by atoms with Crippen molar-refractivity contribution in [3.05, 3.63) is 35.1 Å². The van der Waals surface area contributed by atoms with E-state index in [0.29, 0.717) is 6.04 Å². The van der Waals surface area contributed by atoms with Crippen molar-refractivity contribution in [3.8, 4) is 0 Å². The zero-order chi connectivity index (χ0) is 11.5. The van der Waals surface area contributed by atoms with E-state index in [0.717, 1.165) is 22.1 Å². The van der Waals surface area contributed by atoms with Crippen molar-refractivity contribution >= 4 is 23.3 Å². The first-order chi connectivity index (χ1) is 7.72. The van der Waals surface area contributed by atoms with Crippen molar-refractivity contribution in [2.75, 3.05) is 5.43 Å². The Kier molecular flexibility index (Phi) is 3.19. The van der Waals surface area contributed by atoms with E-state index in [1.807, 2.05) is 28.9 Å². The van der Waals surface area contributed by atoms with Crippen LogP contribution in [-0.2, 0) is 0 Å². The lowest BCUT2D eigenvalue weighted by molar-refractivity contribution is 0.667. The Hall–Kier alpha value is -1.42. The van der Waals surface area contributed by atoms with Gasteiger partial charge in [-0.1, -0.05) is 19.1 Å². The van der Waals surface area contributed by atoms with Gasteiger partial charge in [0.25, 0.3) is 0 Å². The maximum atomic E-state index is 5.31. The van der Waals surface area contributed by atoms with Gasteiger partial charge in [0.2, 0.25) is 0 Å². The number of fused-ring (bicyclic) bond motifs is 1. The molecule has 84 valence electrons. The monoisotopic (exact) mass is 233 g/mol. The van der Waals surface area contributed by atoms with Crippen molar-refractivity contribution in [1.29, 1.82) is 0 Å². The van der Waals surface area contributed by atoms with Gasteiger partial charge in [0.1, 0.15) is 4.64 Å². The van der Waals surface area contributed by atoms with E-state index in [1.54, 1.807) is 6.20 Å². The minimum absolute atomic E-state index is 0.374. The lowest BCUT2D eigenvalue weighted by atomic mass is 10.3. The highest BCUT2D eigenvalue weighted by atomic mass is 32.1. The van der Waals surface area contributed by atoms with Crippen LogP contribution in [0.4, 0.5) is 0 Å². The number of nitrogens with zero attached hydrogens (tertiary/aromatic N) is 2. The van der Waals surface area contributed by atoms with E-state index in [1.165, 1.54) is 0 Å². The summed E-state index contributed by atoms with van der Waals surface area (Å²) in [5.41, 5.74) is 4.24. The van der Waals surface area contributed by atoms with Crippen LogP contribution in [0.2, 0.25) is 0 Å². The zero-order valence-electron chi connectivity index (χ0n) is 9.47. The molecule has 2 aromatic rings. The molecule has 4 heteroatoms. The lowest BCUT2D eigenvalue weighted by Gasteiger charge is -2.17. The molecule has 0 radical (unpaired) electrons. The average Bonchev–Trinajstić information content (AvgIpc) is 2.32. The second-order valence-corrected chi connectivity index (χ2v) is 4.28. The van der Waals surface area contributed by atoms with Crippen molar-refractivity contribution in [2.45, 2.75) is 26.3 Å². The number of rotatable bonds is 3. The molecule has 0 aliphatic carbocycles. The first-order valence-corrected chi connectivity index (χ1v) is 5.86. The molecule has 0 aliphatic heterocycles. The first-order valence-electron chi connectivity index (χ1n) is 5.45. The predicted molar refractivity (Wildman–Crippen MR) is 69.7 cm³/mol. The second kappa shape index (κ2) is 4.61. The van der Waals surface area contributed by atoms with Crippen LogP contribution in [0, 0.1) is 4.64 Å². The Morgan fingerprint density at radius 3 is 3.00 bits per heavy atom. The Morgan fingerprint density at radius 2 is 2.25 bits per heavy atom. The number of pyridine rings is 2. The topological polar surface area (TPSA) is 29.9 Å². The summed E-state index contributed by atoms with van der Waals surface area (Å²) in [4.78, 5) is 4.36. The van der Waals surface area contributed by atoms with Gasteiger partial charge in [0.05, 0.1) is 0 Å². The molecule has 2 aromatic heterocycles. The van der Waals surface area contributed by atoms with Crippen molar-refractivity contribution in [2.24, 2.45) is 0 Å². The quantitative estimate of drug-likeness (QED) is 0.826. The van der Waals surface area contributed by atoms with Crippen LogP contribution in [0.1, 0.15) is 20.3 Å². The third-order valence-electron chi connectivity index (χ3n) is 2.62. The summed E-state index contributed by atoms with van der Waals surface area (Å²) in [5, 5.41) is 1.09. The van der Waals surface area contributed by atoms with Crippen LogP contribution in [0.3, 0.4) is 0 Å². The standard InChI is InChI=1S/C12H15N3S/c1-3-9(2)14-15-11(16)7-6-10-5-4-8-13-12(10)15/h4-9,14H,3H2,1-2H3. The predicted octanol–water partition coefficient (Wildman–Crippen LogP) is 3.11. The minimum atomic E-state index is 0.374. The Morgan fingerprint density at radius 1 is 1.44 bits per heavy atom. The highest BCUT2D eigenvalue weighted by Crippen LogP contribution is 2.11. The molecule has 2 heterocycles. The summed E-state index contributed by atoms with van der Waals surface area (Å²) >= 11 is 5.31. The van der Waals surface area contributed by atoms with Gasteiger partial charge in [0, 0.05) is 17.6 Å². The van der Waals surface area contributed by atoms with E-state index in [4.69, 9.17) is 12.2 Å². The lowest BCUT2D eigenvalue weighted by Crippen LogP contribution is -2.25. The molecule has 0 aliphatic rings. The van der Waals surface area contributed by atoms with Crippen LogP contribution in [0.15, 0.2) is 30.5 Å². The number of nitrogens with one attached hydrogen (secondary N) is 1. The molecule has 2 rings (SSSR count). The third kappa shape index (κ3) is 2.07. The highest BCUT2D eigenvalue weighted by Gasteiger charge is 2.03. The molecule has 0 aromatic carbocycles. The minimum Gasteiger partial charge on any atom is -0.320 e. The van der Waals surface area contributed by atoms with Crippen molar-refractivity contribution in [1.82, 2.24) is 9.66 Å². The van der Waals surface area contributed by atoms with E-state index in [9.17, 15) is 0 Å². The zero-order valence-corrected chi connectivity index (χ0v) is 10.3. The SMILES string of the molecule is CCC(C)Nn1c(=S)ccc2cccnc21.